The molecular formula is C38H32O6. The summed E-state index contributed by atoms with van der Waals surface area (Å²) < 4.78 is 18.0. The van der Waals surface area contributed by atoms with Crippen molar-refractivity contribution in [1.29, 1.82) is 0 Å². The van der Waals surface area contributed by atoms with Gasteiger partial charge in [-0.3, -0.25) is 4.79 Å². The summed E-state index contributed by atoms with van der Waals surface area (Å²) in [6.07, 6.45) is 4.01. The van der Waals surface area contributed by atoms with Crippen LogP contribution in [0.15, 0.2) is 140 Å². The van der Waals surface area contributed by atoms with Gasteiger partial charge in [-0.25, -0.2) is 0 Å². The topological polar surface area (TPSA) is 85.2 Å². The molecule has 6 heteroatoms. The molecule has 0 aromatic heterocycles. The number of hydrogen-bond donors (Lipinski definition) is 2. The number of aliphatic hydroxyl groups excluding tert-OH is 1. The molecule has 0 aliphatic heterocycles. The van der Waals surface area contributed by atoms with E-state index in [-0.39, 0.29) is 23.7 Å². The number of hydrogen-bond acceptors (Lipinski definition) is 6. The van der Waals surface area contributed by atoms with E-state index in [2.05, 4.69) is 0 Å². The van der Waals surface area contributed by atoms with Crippen LogP contribution in [0.2, 0.25) is 0 Å². The van der Waals surface area contributed by atoms with E-state index in [1.807, 2.05) is 97.1 Å². The van der Waals surface area contributed by atoms with Crippen LogP contribution in [0.3, 0.4) is 0 Å². The summed E-state index contributed by atoms with van der Waals surface area (Å²) in [5, 5.41) is 21.2. The van der Waals surface area contributed by atoms with E-state index in [9.17, 15) is 15.0 Å². The number of carbonyl (C=O) groups excluding carboxylic acids is 1. The second-order valence-electron chi connectivity index (χ2n) is 9.94. The van der Waals surface area contributed by atoms with E-state index in [0.717, 1.165) is 22.8 Å². The van der Waals surface area contributed by atoms with E-state index in [0.29, 0.717) is 30.3 Å². The average molecular weight is 585 g/mol. The Morgan fingerprint density at radius 1 is 0.591 bits per heavy atom. The standard InChI is InChI=1S/C38H32O6/c39-32(24-34(41)38-33(40)17-10-18-36(38)43-26-30-13-6-2-7-14-30)21-19-28-20-22-35(42-25-29-11-4-1-5-12-29)37(23-28)44-27-31-15-8-3-9-16-31/h1-24,40-41H,25-27H2/b21-19+,34-24-. The first-order valence-corrected chi connectivity index (χ1v) is 14.1. The van der Waals surface area contributed by atoms with Crippen molar-refractivity contribution in [2.45, 2.75) is 19.8 Å². The van der Waals surface area contributed by atoms with Gasteiger partial charge in [-0.2, -0.15) is 0 Å². The van der Waals surface area contributed by atoms with E-state index in [1.165, 1.54) is 12.1 Å². The van der Waals surface area contributed by atoms with Gasteiger partial charge in [0.2, 0.25) is 0 Å². The maximum atomic E-state index is 12.8. The van der Waals surface area contributed by atoms with Crippen LogP contribution in [0.1, 0.15) is 27.8 Å². The van der Waals surface area contributed by atoms with Crippen LogP contribution in [-0.4, -0.2) is 16.0 Å². The molecule has 0 heterocycles. The van der Waals surface area contributed by atoms with Crippen molar-refractivity contribution < 1.29 is 29.2 Å². The number of aliphatic hydroxyl groups is 1. The van der Waals surface area contributed by atoms with E-state index in [1.54, 1.807) is 30.3 Å². The predicted octanol–water partition coefficient (Wildman–Crippen LogP) is 8.31. The van der Waals surface area contributed by atoms with E-state index in [4.69, 9.17) is 14.2 Å². The Balaban J connectivity index is 1.31. The molecule has 6 nitrogen and oxygen atoms in total. The highest BCUT2D eigenvalue weighted by molar-refractivity contribution is 6.06. The molecule has 0 aliphatic rings. The highest BCUT2D eigenvalue weighted by Gasteiger charge is 2.15. The molecule has 0 saturated carbocycles. The summed E-state index contributed by atoms with van der Waals surface area (Å²) in [7, 11) is 0. The average Bonchev–Trinajstić information content (AvgIpc) is 3.06. The molecule has 5 rings (SSSR count). The highest BCUT2D eigenvalue weighted by Crippen LogP contribution is 2.34. The summed E-state index contributed by atoms with van der Waals surface area (Å²) >= 11 is 0. The monoisotopic (exact) mass is 584 g/mol. The maximum absolute atomic E-state index is 12.8. The molecule has 44 heavy (non-hydrogen) atoms. The van der Waals surface area contributed by atoms with Crippen molar-refractivity contribution >= 4 is 17.6 Å². The van der Waals surface area contributed by atoms with Crippen molar-refractivity contribution in [2.24, 2.45) is 0 Å². The number of aromatic hydroxyl groups is 1. The number of ether oxygens (including phenoxy) is 3. The lowest BCUT2D eigenvalue weighted by Crippen LogP contribution is -2.01. The molecule has 0 spiro atoms. The zero-order chi connectivity index (χ0) is 30.6. The van der Waals surface area contributed by atoms with Crippen molar-refractivity contribution in [1.82, 2.24) is 0 Å². The van der Waals surface area contributed by atoms with E-state index < -0.39 is 11.5 Å². The molecular weight excluding hydrogens is 552 g/mol. The fourth-order valence-corrected chi connectivity index (χ4v) is 4.40. The fraction of sp³-hybridized carbons (Fsp3) is 0.0789. The normalized spacial score (nSPS) is 11.3. The molecule has 0 amide bonds. The molecule has 220 valence electrons. The molecule has 5 aromatic carbocycles. The third-order valence-electron chi connectivity index (χ3n) is 6.66. The Hall–Kier alpha value is -5.75. The minimum atomic E-state index is -0.476. The van der Waals surface area contributed by atoms with Gasteiger partial charge in [0.1, 0.15) is 42.6 Å². The zero-order valence-corrected chi connectivity index (χ0v) is 24.0. The minimum absolute atomic E-state index is 0.0432. The number of allylic oxidation sites excluding steroid dienone is 2. The van der Waals surface area contributed by atoms with Crippen LogP contribution in [0.4, 0.5) is 0 Å². The van der Waals surface area contributed by atoms with E-state index >= 15 is 0 Å². The summed E-state index contributed by atoms with van der Waals surface area (Å²) in [4.78, 5) is 12.8. The third kappa shape index (κ3) is 8.39. The maximum Gasteiger partial charge on any atom is 0.182 e. The van der Waals surface area contributed by atoms with Gasteiger partial charge in [0, 0.05) is 6.08 Å². The smallest absolute Gasteiger partial charge is 0.182 e. The quantitative estimate of drug-likeness (QED) is 0.107. The first-order chi connectivity index (χ1) is 21.5. The molecule has 0 fully saturated rings. The number of phenols is 1. The lowest BCUT2D eigenvalue weighted by molar-refractivity contribution is -0.110. The van der Waals surface area contributed by atoms with Crippen molar-refractivity contribution in [3.8, 4) is 23.0 Å². The van der Waals surface area contributed by atoms with Crippen molar-refractivity contribution in [2.75, 3.05) is 0 Å². The minimum Gasteiger partial charge on any atom is -0.507 e. The summed E-state index contributed by atoms with van der Waals surface area (Å²) in [5.41, 5.74) is 3.71. The largest absolute Gasteiger partial charge is 0.507 e. The van der Waals surface area contributed by atoms with Gasteiger partial charge >= 0.3 is 0 Å². The van der Waals surface area contributed by atoms with Crippen LogP contribution < -0.4 is 14.2 Å². The summed E-state index contributed by atoms with van der Waals surface area (Å²) in [5.74, 6) is 0.284. The Kier molecular flexibility index (Phi) is 10.1. The second kappa shape index (κ2) is 14.9. The lowest BCUT2D eigenvalue weighted by atomic mass is 10.1. The Labute approximate surface area is 256 Å². The number of ketones is 1. The van der Waals surface area contributed by atoms with Gasteiger partial charge in [-0.15, -0.1) is 0 Å². The van der Waals surface area contributed by atoms with Crippen LogP contribution >= 0.6 is 0 Å². The van der Waals surface area contributed by atoms with Crippen molar-refractivity contribution in [3.05, 3.63) is 167 Å². The molecule has 0 bridgehead atoms. The highest BCUT2D eigenvalue weighted by atomic mass is 16.5. The number of carbonyl (C=O) groups is 1. The molecule has 5 aromatic rings. The zero-order valence-electron chi connectivity index (χ0n) is 24.0. The van der Waals surface area contributed by atoms with Crippen LogP contribution in [0, 0.1) is 0 Å². The Morgan fingerprint density at radius 3 is 1.68 bits per heavy atom. The molecule has 0 unspecified atom stereocenters. The van der Waals surface area contributed by atoms with Crippen molar-refractivity contribution in [3.63, 3.8) is 0 Å². The van der Waals surface area contributed by atoms with Gasteiger partial charge in [-0.05, 0) is 52.6 Å². The number of benzene rings is 5. The van der Waals surface area contributed by atoms with Gasteiger partial charge in [0.25, 0.3) is 0 Å². The third-order valence-corrected chi connectivity index (χ3v) is 6.66. The van der Waals surface area contributed by atoms with Gasteiger partial charge in [-0.1, -0.05) is 109 Å². The van der Waals surface area contributed by atoms with Gasteiger partial charge in [0.15, 0.2) is 17.3 Å². The summed E-state index contributed by atoms with van der Waals surface area (Å²) in [6, 6.07) is 39.3. The Bertz CT molecular complexity index is 1730. The molecule has 2 N–H and O–H groups in total. The van der Waals surface area contributed by atoms with Gasteiger partial charge in [0.05, 0.1) is 0 Å². The first kappa shape index (κ1) is 29.7. The molecule has 0 atom stereocenters. The van der Waals surface area contributed by atoms with Crippen LogP contribution in [-0.2, 0) is 24.6 Å². The number of rotatable bonds is 13. The van der Waals surface area contributed by atoms with Gasteiger partial charge < -0.3 is 24.4 Å². The fourth-order valence-electron chi connectivity index (χ4n) is 4.40. The Morgan fingerprint density at radius 2 is 1.11 bits per heavy atom. The van der Waals surface area contributed by atoms with Crippen LogP contribution in [0.5, 0.6) is 23.0 Å². The molecule has 0 saturated heterocycles. The second-order valence-corrected chi connectivity index (χ2v) is 9.94. The first-order valence-electron chi connectivity index (χ1n) is 14.1. The molecule has 0 aliphatic carbocycles. The molecule has 0 radical (unpaired) electrons. The SMILES string of the molecule is O=C(/C=C(\O)c1c(O)cccc1OCc1ccccc1)/C=C/c1ccc(OCc2ccccc2)c(OCc2ccccc2)c1. The number of phenolic OH excluding ortho intramolecular Hbond substituents is 1. The summed E-state index contributed by atoms with van der Waals surface area (Å²) in [6.45, 7) is 0.961. The predicted molar refractivity (Wildman–Crippen MR) is 172 cm³/mol. The van der Waals surface area contributed by atoms with Crippen LogP contribution in [0.25, 0.3) is 11.8 Å². The lowest BCUT2D eigenvalue weighted by Gasteiger charge is -2.14.